The molecule has 1 saturated heterocycles. The van der Waals surface area contributed by atoms with Gasteiger partial charge in [-0.25, -0.2) is 4.79 Å². The molecule has 3 nitrogen and oxygen atoms in total. The molecule has 1 unspecified atom stereocenters. The summed E-state index contributed by atoms with van der Waals surface area (Å²) in [6.07, 6.45) is 3.82. The molecule has 0 saturated carbocycles. The maximum absolute atomic E-state index is 10.0. The average molecular weight is 180 g/mol. The molecule has 13 heavy (non-hydrogen) atoms. The minimum Gasteiger partial charge on any atom is -0.303 e. The van der Waals surface area contributed by atoms with Gasteiger partial charge in [-0.3, -0.25) is 0 Å². The van der Waals surface area contributed by atoms with Crippen molar-refractivity contribution < 1.29 is 4.79 Å². The summed E-state index contributed by atoms with van der Waals surface area (Å²) in [5, 5.41) is 0. The van der Waals surface area contributed by atoms with Crippen LogP contribution in [0.4, 0.5) is 0 Å². The van der Waals surface area contributed by atoms with Crippen LogP contribution in [-0.4, -0.2) is 30.6 Å². The second-order valence-corrected chi connectivity index (χ2v) is 3.43. The zero-order valence-electron chi connectivity index (χ0n) is 8.12. The highest BCUT2D eigenvalue weighted by atomic mass is 16.1. The van der Waals surface area contributed by atoms with E-state index in [1.54, 1.807) is 6.08 Å². The summed E-state index contributed by atoms with van der Waals surface area (Å²) >= 11 is 0. The number of piperidine rings is 1. The highest BCUT2D eigenvalue weighted by Gasteiger charge is 2.20. The number of rotatable bonds is 3. The van der Waals surface area contributed by atoms with Crippen LogP contribution in [0.5, 0.6) is 0 Å². The fraction of sp³-hybridized carbons (Fsp3) is 0.700. The lowest BCUT2D eigenvalue weighted by Crippen LogP contribution is -2.35. The monoisotopic (exact) mass is 180 g/mol. The van der Waals surface area contributed by atoms with Crippen LogP contribution in [0.3, 0.4) is 0 Å². The first-order valence-electron chi connectivity index (χ1n) is 4.77. The third-order valence-electron chi connectivity index (χ3n) is 2.61. The van der Waals surface area contributed by atoms with Gasteiger partial charge in [-0.2, -0.15) is 4.99 Å². The van der Waals surface area contributed by atoms with Crippen molar-refractivity contribution in [2.45, 2.75) is 19.8 Å². The Hall–Kier alpha value is -0.920. The van der Waals surface area contributed by atoms with E-state index in [0.29, 0.717) is 11.6 Å². The fourth-order valence-electron chi connectivity index (χ4n) is 1.76. The van der Waals surface area contributed by atoms with E-state index in [-0.39, 0.29) is 0 Å². The predicted molar refractivity (Wildman–Crippen MR) is 52.1 cm³/mol. The van der Waals surface area contributed by atoms with E-state index in [2.05, 4.69) is 23.4 Å². The van der Waals surface area contributed by atoms with Crippen molar-refractivity contribution in [1.82, 2.24) is 4.90 Å². The van der Waals surface area contributed by atoms with Crippen molar-refractivity contribution in [1.29, 1.82) is 0 Å². The Balaban J connectivity index is 2.50. The molecule has 1 heterocycles. The molecule has 0 amide bonds. The van der Waals surface area contributed by atoms with Crippen LogP contribution in [0.15, 0.2) is 17.3 Å². The first-order valence-corrected chi connectivity index (χ1v) is 4.77. The number of isocyanates is 1. The van der Waals surface area contributed by atoms with Crippen molar-refractivity contribution in [2.24, 2.45) is 10.9 Å². The minimum atomic E-state index is 0.357. The van der Waals surface area contributed by atoms with E-state index < -0.39 is 0 Å². The van der Waals surface area contributed by atoms with E-state index in [4.69, 9.17) is 0 Å². The minimum absolute atomic E-state index is 0.357. The van der Waals surface area contributed by atoms with Crippen molar-refractivity contribution in [3.05, 3.63) is 12.3 Å². The van der Waals surface area contributed by atoms with E-state index in [1.807, 2.05) is 0 Å². The zero-order chi connectivity index (χ0) is 9.68. The molecule has 0 spiro atoms. The summed E-state index contributed by atoms with van der Waals surface area (Å²) in [6, 6.07) is 0. The molecule has 0 radical (unpaired) electrons. The SMILES string of the molecule is C=C(N=C=O)C1CCCN(CC)C1. The van der Waals surface area contributed by atoms with Gasteiger partial charge in [-0.1, -0.05) is 13.5 Å². The molecule has 0 N–H and O–H groups in total. The van der Waals surface area contributed by atoms with Gasteiger partial charge in [-0.15, -0.1) is 0 Å². The van der Waals surface area contributed by atoms with Gasteiger partial charge in [-0.05, 0) is 25.9 Å². The van der Waals surface area contributed by atoms with E-state index in [0.717, 1.165) is 26.1 Å². The molecule has 0 aromatic heterocycles. The molecule has 0 bridgehead atoms. The molecule has 0 aliphatic carbocycles. The second-order valence-electron chi connectivity index (χ2n) is 3.43. The maximum atomic E-state index is 10.0. The Labute approximate surface area is 79.1 Å². The number of hydrogen-bond acceptors (Lipinski definition) is 3. The van der Waals surface area contributed by atoms with Crippen LogP contribution in [0.25, 0.3) is 0 Å². The lowest BCUT2D eigenvalue weighted by Gasteiger charge is -2.31. The molecule has 1 atom stereocenters. The Kier molecular flexibility index (Phi) is 3.87. The van der Waals surface area contributed by atoms with Gasteiger partial charge in [0.1, 0.15) is 0 Å². The topological polar surface area (TPSA) is 32.7 Å². The van der Waals surface area contributed by atoms with Crippen LogP contribution in [0.2, 0.25) is 0 Å². The van der Waals surface area contributed by atoms with Gasteiger partial charge < -0.3 is 4.90 Å². The first-order chi connectivity index (χ1) is 6.27. The smallest absolute Gasteiger partial charge is 0.240 e. The van der Waals surface area contributed by atoms with Gasteiger partial charge in [0.05, 0.1) is 5.70 Å². The molecule has 0 aromatic carbocycles. The van der Waals surface area contributed by atoms with E-state index >= 15 is 0 Å². The summed E-state index contributed by atoms with van der Waals surface area (Å²) in [4.78, 5) is 16.0. The third kappa shape index (κ3) is 2.79. The molecule has 1 fully saturated rings. The van der Waals surface area contributed by atoms with E-state index in [1.165, 1.54) is 6.42 Å². The molecule has 3 heteroatoms. The highest BCUT2D eigenvalue weighted by Crippen LogP contribution is 2.22. The van der Waals surface area contributed by atoms with Gasteiger partial charge in [0.25, 0.3) is 0 Å². The standard InChI is InChI=1S/C10H16N2O/c1-3-12-6-4-5-10(7-12)9(2)11-8-13/h10H,2-7H2,1H3. The fourth-order valence-corrected chi connectivity index (χ4v) is 1.76. The number of nitrogens with zero attached hydrogens (tertiary/aromatic N) is 2. The molecular weight excluding hydrogens is 164 g/mol. The van der Waals surface area contributed by atoms with Crippen LogP contribution >= 0.6 is 0 Å². The van der Waals surface area contributed by atoms with Crippen LogP contribution in [0, 0.1) is 5.92 Å². The van der Waals surface area contributed by atoms with Gasteiger partial charge >= 0.3 is 0 Å². The lowest BCUT2D eigenvalue weighted by atomic mass is 9.95. The number of likely N-dealkylation sites (tertiary alicyclic amines) is 1. The molecule has 1 aliphatic heterocycles. The molecule has 1 rings (SSSR count). The average Bonchev–Trinajstić information content (AvgIpc) is 2.18. The van der Waals surface area contributed by atoms with Crippen molar-refractivity contribution in [2.75, 3.05) is 19.6 Å². The molecular formula is C10H16N2O. The van der Waals surface area contributed by atoms with Crippen molar-refractivity contribution in [3.8, 4) is 0 Å². The third-order valence-corrected chi connectivity index (χ3v) is 2.61. The molecule has 0 aromatic rings. The second kappa shape index (κ2) is 4.95. The largest absolute Gasteiger partial charge is 0.303 e. The summed E-state index contributed by atoms with van der Waals surface area (Å²) in [6.45, 7) is 9.14. The number of hydrogen-bond donors (Lipinski definition) is 0. The van der Waals surface area contributed by atoms with Gasteiger partial charge in [0.2, 0.25) is 6.08 Å². The van der Waals surface area contributed by atoms with Crippen LogP contribution in [0.1, 0.15) is 19.8 Å². The van der Waals surface area contributed by atoms with Crippen LogP contribution < -0.4 is 0 Å². The summed E-state index contributed by atoms with van der Waals surface area (Å²) in [5.74, 6) is 0.357. The summed E-state index contributed by atoms with van der Waals surface area (Å²) < 4.78 is 0. The molecule has 1 aliphatic rings. The summed E-state index contributed by atoms with van der Waals surface area (Å²) in [7, 11) is 0. The van der Waals surface area contributed by atoms with Crippen molar-refractivity contribution in [3.63, 3.8) is 0 Å². The Morgan fingerprint density at radius 1 is 1.77 bits per heavy atom. The zero-order valence-corrected chi connectivity index (χ0v) is 8.12. The number of carbonyl (C=O) groups excluding carboxylic acids is 1. The van der Waals surface area contributed by atoms with Gasteiger partial charge in [0, 0.05) is 12.5 Å². The predicted octanol–water partition coefficient (Wildman–Crippen LogP) is 1.57. The van der Waals surface area contributed by atoms with Gasteiger partial charge in [0.15, 0.2) is 0 Å². The molecule has 72 valence electrons. The number of aliphatic imine (C=N–C) groups is 1. The first kappa shape index (κ1) is 10.2. The van der Waals surface area contributed by atoms with Crippen molar-refractivity contribution >= 4 is 6.08 Å². The summed E-state index contributed by atoms with van der Waals surface area (Å²) in [5.41, 5.74) is 0.688. The van der Waals surface area contributed by atoms with Crippen LogP contribution in [-0.2, 0) is 4.79 Å². The lowest BCUT2D eigenvalue weighted by molar-refractivity contribution is 0.200. The van der Waals surface area contributed by atoms with E-state index in [9.17, 15) is 4.79 Å². The Morgan fingerprint density at radius 2 is 2.54 bits per heavy atom. The maximum Gasteiger partial charge on any atom is 0.240 e. The Morgan fingerprint density at radius 3 is 3.15 bits per heavy atom. The highest BCUT2D eigenvalue weighted by molar-refractivity contribution is 5.36. The normalized spacial score (nSPS) is 23.6. The Bertz CT molecular complexity index is 231. The quantitative estimate of drug-likeness (QED) is 0.488.